The van der Waals surface area contributed by atoms with Gasteiger partial charge in [-0.25, -0.2) is 14.8 Å². The van der Waals surface area contributed by atoms with Crippen molar-refractivity contribution in [2.24, 2.45) is 0 Å². The summed E-state index contributed by atoms with van der Waals surface area (Å²) in [6, 6.07) is 0. The van der Waals surface area contributed by atoms with Gasteiger partial charge in [-0.15, -0.1) is 0 Å². The van der Waals surface area contributed by atoms with Crippen molar-refractivity contribution in [2.75, 3.05) is 6.61 Å². The van der Waals surface area contributed by atoms with Crippen molar-refractivity contribution >= 4 is 17.6 Å². The van der Waals surface area contributed by atoms with Gasteiger partial charge in [0, 0.05) is 0 Å². The molecule has 0 bridgehead atoms. The zero-order chi connectivity index (χ0) is 9.84. The second-order valence-electron chi connectivity index (χ2n) is 2.35. The van der Waals surface area contributed by atoms with Crippen LogP contribution < -0.4 is 0 Å². The minimum Gasteiger partial charge on any atom is -0.462 e. The zero-order valence-corrected chi connectivity index (χ0v) is 8.13. The average molecular weight is 201 g/mol. The molecule has 70 valence electrons. The summed E-state index contributed by atoms with van der Waals surface area (Å²) in [5.41, 5.74) is 0.768. The molecule has 1 aromatic heterocycles. The van der Waals surface area contributed by atoms with Crippen LogP contribution in [0, 0.1) is 6.92 Å². The predicted molar refractivity (Wildman–Crippen MR) is 47.7 cm³/mol. The SMILES string of the molecule is CCOC(=O)c1c(C)ncnc1Cl. The maximum absolute atomic E-state index is 11.3. The van der Waals surface area contributed by atoms with E-state index >= 15 is 0 Å². The zero-order valence-electron chi connectivity index (χ0n) is 7.37. The lowest BCUT2D eigenvalue weighted by Crippen LogP contribution is -2.09. The first-order chi connectivity index (χ1) is 6.16. The van der Waals surface area contributed by atoms with E-state index in [0.29, 0.717) is 12.3 Å². The largest absolute Gasteiger partial charge is 0.462 e. The predicted octanol–water partition coefficient (Wildman–Crippen LogP) is 1.62. The lowest BCUT2D eigenvalue weighted by Gasteiger charge is -2.04. The Hall–Kier alpha value is -1.16. The van der Waals surface area contributed by atoms with E-state index in [1.54, 1.807) is 13.8 Å². The van der Waals surface area contributed by atoms with E-state index in [9.17, 15) is 4.79 Å². The van der Waals surface area contributed by atoms with Crippen LogP contribution >= 0.6 is 11.6 Å². The number of rotatable bonds is 2. The maximum atomic E-state index is 11.3. The van der Waals surface area contributed by atoms with Crippen LogP contribution in [-0.4, -0.2) is 22.5 Å². The fourth-order valence-electron chi connectivity index (χ4n) is 0.880. The summed E-state index contributed by atoms with van der Waals surface area (Å²) in [7, 11) is 0. The van der Waals surface area contributed by atoms with Gasteiger partial charge in [-0.2, -0.15) is 0 Å². The van der Waals surface area contributed by atoms with E-state index < -0.39 is 5.97 Å². The average Bonchev–Trinajstić information content (AvgIpc) is 2.04. The van der Waals surface area contributed by atoms with E-state index in [0.717, 1.165) is 0 Å². The molecule has 0 aliphatic rings. The summed E-state index contributed by atoms with van der Waals surface area (Å²) in [6.07, 6.45) is 1.31. The highest BCUT2D eigenvalue weighted by Crippen LogP contribution is 2.15. The molecule has 0 unspecified atom stereocenters. The molecule has 4 nitrogen and oxygen atoms in total. The van der Waals surface area contributed by atoms with E-state index in [1.165, 1.54) is 6.33 Å². The van der Waals surface area contributed by atoms with E-state index in [-0.39, 0.29) is 10.7 Å². The molecule has 0 aromatic carbocycles. The number of halogens is 1. The molecule has 1 heterocycles. The number of ether oxygens (including phenoxy) is 1. The summed E-state index contributed by atoms with van der Waals surface area (Å²) in [4.78, 5) is 18.8. The Morgan fingerprint density at radius 3 is 2.85 bits per heavy atom. The summed E-state index contributed by atoms with van der Waals surface area (Å²) < 4.78 is 4.79. The molecule has 0 N–H and O–H groups in total. The fraction of sp³-hybridized carbons (Fsp3) is 0.375. The minimum atomic E-state index is -0.481. The van der Waals surface area contributed by atoms with Crippen LogP contribution in [0.25, 0.3) is 0 Å². The Bertz CT molecular complexity index is 308. The Labute approximate surface area is 80.9 Å². The summed E-state index contributed by atoms with van der Waals surface area (Å²) in [5, 5.41) is 0.131. The van der Waals surface area contributed by atoms with Crippen LogP contribution in [0.1, 0.15) is 23.0 Å². The number of carbonyl (C=O) groups is 1. The molecule has 0 spiro atoms. The van der Waals surface area contributed by atoms with Crippen LogP contribution in [0.4, 0.5) is 0 Å². The van der Waals surface area contributed by atoms with Gasteiger partial charge in [0.15, 0.2) is 0 Å². The van der Waals surface area contributed by atoms with Gasteiger partial charge in [0.05, 0.1) is 12.3 Å². The number of nitrogens with zero attached hydrogens (tertiary/aromatic N) is 2. The van der Waals surface area contributed by atoms with Gasteiger partial charge in [0.25, 0.3) is 0 Å². The van der Waals surface area contributed by atoms with Gasteiger partial charge >= 0.3 is 5.97 Å². The lowest BCUT2D eigenvalue weighted by molar-refractivity contribution is 0.0524. The molecule has 13 heavy (non-hydrogen) atoms. The van der Waals surface area contributed by atoms with Crippen molar-refractivity contribution in [3.05, 3.63) is 22.7 Å². The first-order valence-corrected chi connectivity index (χ1v) is 4.18. The summed E-state index contributed by atoms with van der Waals surface area (Å²) in [6.45, 7) is 3.72. The molecule has 0 saturated carbocycles. The van der Waals surface area contributed by atoms with Crippen molar-refractivity contribution in [1.29, 1.82) is 0 Å². The number of esters is 1. The summed E-state index contributed by atoms with van der Waals surface area (Å²) >= 11 is 5.71. The third kappa shape index (κ3) is 2.15. The molecular weight excluding hydrogens is 192 g/mol. The molecule has 0 atom stereocenters. The van der Waals surface area contributed by atoms with Gasteiger partial charge < -0.3 is 4.74 Å². The normalized spacial score (nSPS) is 9.77. The highest BCUT2D eigenvalue weighted by molar-refractivity contribution is 6.32. The van der Waals surface area contributed by atoms with Crippen LogP contribution in [0.2, 0.25) is 5.15 Å². The number of hydrogen-bond donors (Lipinski definition) is 0. The molecule has 0 radical (unpaired) electrons. The van der Waals surface area contributed by atoms with Crippen LogP contribution in [0.5, 0.6) is 0 Å². The summed E-state index contributed by atoms with van der Waals surface area (Å²) in [5.74, 6) is -0.481. The topological polar surface area (TPSA) is 52.1 Å². The number of hydrogen-bond acceptors (Lipinski definition) is 4. The van der Waals surface area contributed by atoms with E-state index in [4.69, 9.17) is 16.3 Å². The standard InChI is InChI=1S/C8H9ClN2O2/c1-3-13-8(12)6-5(2)10-4-11-7(6)9/h4H,3H2,1-2H3. The molecule has 0 amide bonds. The van der Waals surface area contributed by atoms with E-state index in [2.05, 4.69) is 9.97 Å². The molecule has 0 aliphatic heterocycles. The van der Waals surface area contributed by atoms with Gasteiger partial charge in [-0.1, -0.05) is 11.6 Å². The Morgan fingerprint density at radius 1 is 1.62 bits per heavy atom. The van der Waals surface area contributed by atoms with Crippen molar-refractivity contribution in [2.45, 2.75) is 13.8 Å². The molecular formula is C8H9ClN2O2. The highest BCUT2D eigenvalue weighted by atomic mass is 35.5. The van der Waals surface area contributed by atoms with Gasteiger partial charge in [-0.3, -0.25) is 0 Å². The first-order valence-electron chi connectivity index (χ1n) is 3.81. The van der Waals surface area contributed by atoms with E-state index in [1.807, 2.05) is 0 Å². The molecule has 0 fully saturated rings. The van der Waals surface area contributed by atoms with Gasteiger partial charge in [0.1, 0.15) is 17.0 Å². The van der Waals surface area contributed by atoms with Crippen LogP contribution in [0.15, 0.2) is 6.33 Å². The second kappa shape index (κ2) is 4.18. The molecule has 5 heteroatoms. The third-order valence-electron chi connectivity index (χ3n) is 1.47. The lowest BCUT2D eigenvalue weighted by atomic mass is 10.2. The van der Waals surface area contributed by atoms with Crippen LogP contribution in [0.3, 0.4) is 0 Å². The van der Waals surface area contributed by atoms with Gasteiger partial charge in [0.2, 0.25) is 0 Å². The quantitative estimate of drug-likeness (QED) is 0.538. The second-order valence-corrected chi connectivity index (χ2v) is 2.70. The molecule has 0 saturated heterocycles. The van der Waals surface area contributed by atoms with Crippen molar-refractivity contribution in [1.82, 2.24) is 9.97 Å². The Morgan fingerprint density at radius 2 is 2.31 bits per heavy atom. The number of aryl methyl sites for hydroxylation is 1. The highest BCUT2D eigenvalue weighted by Gasteiger charge is 2.15. The van der Waals surface area contributed by atoms with Crippen molar-refractivity contribution in [3.8, 4) is 0 Å². The van der Waals surface area contributed by atoms with Crippen molar-refractivity contribution in [3.63, 3.8) is 0 Å². The number of aromatic nitrogens is 2. The molecule has 1 aromatic rings. The number of carbonyl (C=O) groups excluding carboxylic acids is 1. The minimum absolute atomic E-state index is 0.131. The molecule has 0 aliphatic carbocycles. The van der Waals surface area contributed by atoms with Gasteiger partial charge in [-0.05, 0) is 13.8 Å². The fourth-order valence-corrected chi connectivity index (χ4v) is 1.14. The first kappa shape index (κ1) is 9.92. The van der Waals surface area contributed by atoms with Crippen molar-refractivity contribution < 1.29 is 9.53 Å². The van der Waals surface area contributed by atoms with Crippen LogP contribution in [-0.2, 0) is 4.74 Å². The smallest absolute Gasteiger partial charge is 0.343 e. The monoisotopic (exact) mass is 200 g/mol. The third-order valence-corrected chi connectivity index (χ3v) is 1.76. The molecule has 1 rings (SSSR count). The maximum Gasteiger partial charge on any atom is 0.343 e. The Balaban J connectivity index is 3.05. The Kier molecular flexibility index (Phi) is 3.19.